The van der Waals surface area contributed by atoms with Crippen LogP contribution < -0.4 is 0 Å². The van der Waals surface area contributed by atoms with Crippen LogP contribution in [0.5, 0.6) is 0 Å². The molecule has 0 fully saturated rings. The first-order valence-corrected chi connectivity index (χ1v) is 14.6. The van der Waals surface area contributed by atoms with Crippen LogP contribution in [-0.2, 0) is 31.9 Å². The summed E-state index contributed by atoms with van der Waals surface area (Å²) in [6, 6.07) is 0. The summed E-state index contributed by atoms with van der Waals surface area (Å²) in [6.07, 6.45) is 18.6. The van der Waals surface area contributed by atoms with Crippen molar-refractivity contribution in [2.45, 2.75) is 129 Å². The smallest absolute Gasteiger partial charge is 0.315 e. The van der Waals surface area contributed by atoms with Crippen molar-refractivity contribution in [2.24, 2.45) is 0 Å². The van der Waals surface area contributed by atoms with Gasteiger partial charge in [-0.3, -0.25) is 9.59 Å². The Labute approximate surface area is 226 Å². The van der Waals surface area contributed by atoms with Gasteiger partial charge < -0.3 is 18.5 Å². The number of rotatable bonds is 23. The molecule has 38 heavy (non-hydrogen) atoms. The fraction of sp³-hybridized carbons (Fsp3) is 0.786. The fourth-order valence-electron chi connectivity index (χ4n) is 4.03. The number of nitrogens with zero attached hydrogens (tertiary/aromatic N) is 4. The van der Waals surface area contributed by atoms with Crippen LogP contribution in [0.25, 0.3) is 11.6 Å². The van der Waals surface area contributed by atoms with Crippen molar-refractivity contribution in [1.29, 1.82) is 0 Å². The zero-order chi connectivity index (χ0) is 27.3. The van der Waals surface area contributed by atoms with Gasteiger partial charge in [-0.1, -0.05) is 114 Å². The molecule has 0 amide bonds. The highest BCUT2D eigenvalue weighted by Crippen LogP contribution is 2.14. The lowest BCUT2D eigenvalue weighted by Gasteiger charge is -2.03. The molecular formula is C28H46N4O6. The second-order valence-electron chi connectivity index (χ2n) is 9.77. The van der Waals surface area contributed by atoms with Gasteiger partial charge in [-0.25, -0.2) is 0 Å². The fourth-order valence-corrected chi connectivity index (χ4v) is 4.03. The van der Waals surface area contributed by atoms with E-state index in [1.54, 1.807) is 0 Å². The highest BCUT2D eigenvalue weighted by molar-refractivity contribution is 5.72. The Morgan fingerprint density at radius 2 is 0.895 bits per heavy atom. The number of hydrogen-bond acceptors (Lipinski definition) is 10. The van der Waals surface area contributed by atoms with Crippen molar-refractivity contribution in [3.8, 4) is 11.6 Å². The maximum absolute atomic E-state index is 12.0. The molecule has 0 unspecified atom stereocenters. The third kappa shape index (κ3) is 14.2. The Kier molecular flexibility index (Phi) is 16.7. The van der Waals surface area contributed by atoms with Gasteiger partial charge in [-0.15, -0.1) is 0 Å². The van der Waals surface area contributed by atoms with Gasteiger partial charge in [0.05, 0.1) is 13.2 Å². The molecule has 0 N–H and O–H groups in total. The number of carbonyl (C=O) groups is 2. The number of unbranched alkanes of at least 4 members (excludes halogenated alkanes) is 14. The van der Waals surface area contributed by atoms with Crippen molar-refractivity contribution in [3.05, 3.63) is 11.8 Å². The summed E-state index contributed by atoms with van der Waals surface area (Å²) in [5.74, 6) is -0.460. The summed E-state index contributed by atoms with van der Waals surface area (Å²) in [4.78, 5) is 32.3. The Morgan fingerprint density at radius 1 is 0.553 bits per heavy atom. The summed E-state index contributed by atoms with van der Waals surface area (Å²) < 4.78 is 20.7. The molecule has 0 spiro atoms. The molecule has 2 aromatic heterocycles. The van der Waals surface area contributed by atoms with Crippen LogP contribution in [0, 0.1) is 0 Å². The van der Waals surface area contributed by atoms with Crippen LogP contribution in [0.15, 0.2) is 9.05 Å². The normalized spacial score (nSPS) is 11.1. The van der Waals surface area contributed by atoms with E-state index >= 15 is 0 Å². The molecule has 0 radical (unpaired) electrons. The third-order valence-electron chi connectivity index (χ3n) is 6.25. The number of carbonyl (C=O) groups excluding carboxylic acids is 2. The summed E-state index contributed by atoms with van der Waals surface area (Å²) >= 11 is 0. The summed E-state index contributed by atoms with van der Waals surface area (Å²) in [7, 11) is 0. The first-order chi connectivity index (χ1) is 18.6. The molecular weight excluding hydrogens is 488 g/mol. The van der Waals surface area contributed by atoms with Gasteiger partial charge in [0, 0.05) is 0 Å². The van der Waals surface area contributed by atoms with Gasteiger partial charge in [-0.05, 0) is 12.8 Å². The Balaban J connectivity index is 1.58. The largest absolute Gasteiger partial charge is 0.465 e. The number of ether oxygens (including phenoxy) is 2. The van der Waals surface area contributed by atoms with Gasteiger partial charge in [-0.2, -0.15) is 9.97 Å². The molecule has 0 saturated carbocycles. The zero-order valence-electron chi connectivity index (χ0n) is 23.4. The summed E-state index contributed by atoms with van der Waals surface area (Å²) in [6.45, 7) is 5.20. The van der Waals surface area contributed by atoms with E-state index < -0.39 is 11.9 Å². The minimum absolute atomic E-state index is 0.0816. The Morgan fingerprint density at radius 3 is 1.26 bits per heavy atom. The number of esters is 2. The van der Waals surface area contributed by atoms with Gasteiger partial charge in [0.25, 0.3) is 0 Å². The van der Waals surface area contributed by atoms with Gasteiger partial charge in [0.1, 0.15) is 12.8 Å². The zero-order valence-corrected chi connectivity index (χ0v) is 23.4. The Hall–Kier alpha value is -2.78. The van der Waals surface area contributed by atoms with Crippen LogP contribution in [-0.4, -0.2) is 45.4 Å². The van der Waals surface area contributed by atoms with E-state index in [0.717, 1.165) is 38.5 Å². The molecule has 0 aliphatic rings. The molecule has 0 atom stereocenters. The molecule has 10 nitrogen and oxygen atoms in total. The summed E-state index contributed by atoms with van der Waals surface area (Å²) in [5, 5.41) is 7.58. The van der Waals surface area contributed by atoms with Gasteiger partial charge in [0.15, 0.2) is 0 Å². The lowest BCUT2D eigenvalue weighted by Crippen LogP contribution is -2.09. The molecule has 0 bridgehead atoms. The first kappa shape index (κ1) is 31.4. The van der Waals surface area contributed by atoms with Crippen LogP contribution in [0.1, 0.15) is 128 Å². The highest BCUT2D eigenvalue weighted by atomic mass is 16.5. The lowest BCUT2D eigenvalue weighted by atomic mass is 10.1. The van der Waals surface area contributed by atoms with Crippen molar-refractivity contribution in [2.75, 3.05) is 13.2 Å². The van der Waals surface area contributed by atoms with Crippen molar-refractivity contribution >= 4 is 11.9 Å². The topological polar surface area (TPSA) is 130 Å². The maximum Gasteiger partial charge on any atom is 0.315 e. The molecule has 0 aliphatic carbocycles. The van der Waals surface area contributed by atoms with E-state index in [1.165, 1.54) is 64.2 Å². The minimum atomic E-state index is -0.420. The molecule has 0 aliphatic heterocycles. The van der Waals surface area contributed by atoms with Crippen LogP contribution >= 0.6 is 0 Å². The molecule has 0 saturated heterocycles. The molecule has 0 aromatic carbocycles. The Bertz CT molecular complexity index is 825. The lowest BCUT2D eigenvalue weighted by molar-refractivity contribution is -0.144. The number of hydrogen-bond donors (Lipinski definition) is 0. The molecule has 2 aromatic rings. The third-order valence-corrected chi connectivity index (χ3v) is 6.25. The second-order valence-corrected chi connectivity index (χ2v) is 9.77. The van der Waals surface area contributed by atoms with Gasteiger partial charge >= 0.3 is 11.9 Å². The quantitative estimate of drug-likeness (QED) is 0.114. The molecule has 10 heteroatoms. The van der Waals surface area contributed by atoms with E-state index in [1.807, 2.05) is 0 Å². The second kappa shape index (κ2) is 20.2. The predicted octanol–water partition coefficient (Wildman–Crippen LogP) is 6.57. The molecule has 2 rings (SSSR count). The monoisotopic (exact) mass is 534 g/mol. The number of aromatic nitrogens is 4. The van der Waals surface area contributed by atoms with Crippen molar-refractivity contribution in [3.63, 3.8) is 0 Å². The van der Waals surface area contributed by atoms with E-state index in [2.05, 4.69) is 34.1 Å². The highest BCUT2D eigenvalue weighted by Gasteiger charge is 2.19. The molecule has 214 valence electrons. The van der Waals surface area contributed by atoms with Crippen LogP contribution in [0.2, 0.25) is 0 Å². The van der Waals surface area contributed by atoms with Gasteiger partial charge in [0.2, 0.25) is 23.4 Å². The average molecular weight is 535 g/mol. The van der Waals surface area contributed by atoms with Crippen LogP contribution in [0.4, 0.5) is 0 Å². The van der Waals surface area contributed by atoms with Crippen molar-refractivity contribution in [1.82, 2.24) is 20.3 Å². The standard InChI is InChI=1S/C28H46N4O6/c1-3-5-7-9-11-13-15-17-19-35-25(33)21-23-29-27(31-37-23)28-30-24(38-32-28)22-26(34)36-20-18-16-14-12-10-8-6-4-2/h3-22H2,1-2H3. The SMILES string of the molecule is CCCCCCCCCCOC(=O)Cc1nc(-c2noc(CC(=O)OCCCCCCCCCC)n2)no1. The van der Waals surface area contributed by atoms with E-state index in [0.29, 0.717) is 13.2 Å². The van der Waals surface area contributed by atoms with E-state index in [-0.39, 0.29) is 36.3 Å². The maximum atomic E-state index is 12.0. The van der Waals surface area contributed by atoms with E-state index in [4.69, 9.17) is 18.5 Å². The average Bonchev–Trinajstić information content (AvgIpc) is 3.56. The van der Waals surface area contributed by atoms with Crippen LogP contribution in [0.3, 0.4) is 0 Å². The van der Waals surface area contributed by atoms with Crippen molar-refractivity contribution < 1.29 is 28.1 Å². The summed E-state index contributed by atoms with van der Waals surface area (Å²) in [5.41, 5.74) is 0. The first-order valence-electron chi connectivity index (χ1n) is 14.6. The predicted molar refractivity (Wildman–Crippen MR) is 142 cm³/mol. The minimum Gasteiger partial charge on any atom is -0.465 e. The van der Waals surface area contributed by atoms with E-state index in [9.17, 15) is 9.59 Å². The molecule has 2 heterocycles.